The van der Waals surface area contributed by atoms with Gasteiger partial charge in [0.2, 0.25) is 5.78 Å². The largest absolute Gasteiger partial charge is 0.462 e. The van der Waals surface area contributed by atoms with Crippen LogP contribution < -0.4 is 11.1 Å². The summed E-state index contributed by atoms with van der Waals surface area (Å²) in [7, 11) is 0. The van der Waals surface area contributed by atoms with Gasteiger partial charge in [0.15, 0.2) is 5.13 Å². The maximum absolute atomic E-state index is 14.1. The van der Waals surface area contributed by atoms with Gasteiger partial charge < -0.3 is 15.8 Å². The second kappa shape index (κ2) is 8.36. The number of ether oxygens (including phenoxy) is 1. The molecule has 0 unspecified atom stereocenters. The molecule has 150 valence electrons. The van der Waals surface area contributed by atoms with E-state index in [1.54, 1.807) is 31.2 Å². The van der Waals surface area contributed by atoms with Crippen LogP contribution in [0.2, 0.25) is 0 Å². The van der Waals surface area contributed by atoms with Gasteiger partial charge in [-0.15, -0.1) is 0 Å². The van der Waals surface area contributed by atoms with Crippen LogP contribution >= 0.6 is 11.3 Å². The van der Waals surface area contributed by atoms with Crippen molar-refractivity contribution in [1.29, 1.82) is 0 Å². The minimum absolute atomic E-state index is 0.0719. The number of esters is 1. The highest BCUT2D eigenvalue weighted by Crippen LogP contribution is 2.31. The van der Waals surface area contributed by atoms with E-state index in [1.165, 1.54) is 6.92 Å². The van der Waals surface area contributed by atoms with Crippen molar-refractivity contribution < 1.29 is 23.1 Å². The fourth-order valence-electron chi connectivity index (χ4n) is 2.61. The van der Waals surface area contributed by atoms with Crippen LogP contribution in [0.4, 0.5) is 25.4 Å². The molecule has 6 nitrogen and oxygen atoms in total. The molecule has 0 amide bonds. The average Bonchev–Trinajstić information content (AvgIpc) is 3.01. The zero-order valence-corrected chi connectivity index (χ0v) is 16.4. The van der Waals surface area contributed by atoms with Crippen molar-refractivity contribution in [1.82, 2.24) is 4.98 Å². The average molecular weight is 417 g/mol. The number of thiazole rings is 1. The molecular weight excluding hydrogens is 400 g/mol. The molecule has 2 aromatic carbocycles. The zero-order valence-electron chi connectivity index (χ0n) is 15.6. The number of rotatable bonds is 6. The molecule has 0 bridgehead atoms. The molecule has 3 N–H and O–H groups in total. The highest BCUT2D eigenvalue weighted by Gasteiger charge is 2.24. The van der Waals surface area contributed by atoms with Gasteiger partial charge in [0, 0.05) is 5.69 Å². The van der Waals surface area contributed by atoms with E-state index in [4.69, 9.17) is 10.5 Å². The Morgan fingerprint density at radius 2 is 1.79 bits per heavy atom. The molecule has 0 atom stereocenters. The molecule has 9 heteroatoms. The predicted molar refractivity (Wildman–Crippen MR) is 107 cm³/mol. The van der Waals surface area contributed by atoms with Crippen LogP contribution in [-0.2, 0) is 4.74 Å². The lowest BCUT2D eigenvalue weighted by molar-refractivity contribution is 0.0526. The maximum atomic E-state index is 14.1. The summed E-state index contributed by atoms with van der Waals surface area (Å²) in [6.07, 6.45) is 0. The summed E-state index contributed by atoms with van der Waals surface area (Å²) >= 11 is 0.876. The van der Waals surface area contributed by atoms with Crippen LogP contribution in [0.15, 0.2) is 36.4 Å². The zero-order chi connectivity index (χ0) is 21.1. The highest BCUT2D eigenvalue weighted by atomic mass is 32.1. The molecule has 0 aliphatic heterocycles. The number of halogens is 2. The SMILES string of the molecule is CCOC(=O)c1ccc(Nc2nc(N)c(C(=O)c3c(F)cc(C)cc3F)s2)cc1. The Hall–Kier alpha value is -3.33. The number of anilines is 3. The van der Waals surface area contributed by atoms with E-state index in [1.807, 2.05) is 0 Å². The van der Waals surface area contributed by atoms with Gasteiger partial charge in [-0.05, 0) is 55.8 Å². The molecule has 1 heterocycles. The van der Waals surface area contributed by atoms with Crippen LogP contribution in [0.1, 0.15) is 38.1 Å². The summed E-state index contributed by atoms with van der Waals surface area (Å²) in [6, 6.07) is 8.56. The molecule has 0 fully saturated rings. The molecule has 0 saturated carbocycles. The fraction of sp³-hybridized carbons (Fsp3) is 0.150. The maximum Gasteiger partial charge on any atom is 0.338 e. The first-order valence-corrected chi connectivity index (χ1v) is 9.42. The number of nitrogens with two attached hydrogens (primary N) is 1. The summed E-state index contributed by atoms with van der Waals surface area (Å²) in [5, 5.41) is 3.21. The van der Waals surface area contributed by atoms with Gasteiger partial charge in [-0.25, -0.2) is 18.6 Å². The Balaban J connectivity index is 1.82. The Morgan fingerprint density at radius 1 is 1.17 bits per heavy atom. The van der Waals surface area contributed by atoms with Crippen LogP contribution in [0.5, 0.6) is 0 Å². The van der Waals surface area contributed by atoms with E-state index in [-0.39, 0.29) is 22.4 Å². The van der Waals surface area contributed by atoms with E-state index in [9.17, 15) is 18.4 Å². The summed E-state index contributed by atoms with van der Waals surface area (Å²) < 4.78 is 33.2. The smallest absolute Gasteiger partial charge is 0.338 e. The molecule has 29 heavy (non-hydrogen) atoms. The molecular formula is C20H17F2N3O3S. The number of carbonyl (C=O) groups is 2. The van der Waals surface area contributed by atoms with Crippen LogP contribution in [-0.4, -0.2) is 23.3 Å². The minimum atomic E-state index is -0.954. The van der Waals surface area contributed by atoms with Crippen LogP contribution in [0.3, 0.4) is 0 Å². The number of hydrogen-bond acceptors (Lipinski definition) is 7. The van der Waals surface area contributed by atoms with E-state index in [2.05, 4.69) is 10.3 Å². The van der Waals surface area contributed by atoms with E-state index in [0.29, 0.717) is 16.8 Å². The lowest BCUT2D eigenvalue weighted by Gasteiger charge is -2.05. The normalized spacial score (nSPS) is 10.6. The van der Waals surface area contributed by atoms with Gasteiger partial charge in [-0.3, -0.25) is 4.79 Å². The van der Waals surface area contributed by atoms with Crippen molar-refractivity contribution in [3.63, 3.8) is 0 Å². The van der Waals surface area contributed by atoms with Crippen molar-refractivity contribution in [2.75, 3.05) is 17.7 Å². The topological polar surface area (TPSA) is 94.3 Å². The third-order valence-electron chi connectivity index (χ3n) is 3.92. The first-order valence-electron chi connectivity index (χ1n) is 8.61. The number of benzene rings is 2. The highest BCUT2D eigenvalue weighted by molar-refractivity contribution is 7.18. The molecule has 0 spiro atoms. The monoisotopic (exact) mass is 417 g/mol. The molecule has 1 aromatic heterocycles. The van der Waals surface area contributed by atoms with Gasteiger partial charge >= 0.3 is 5.97 Å². The number of nitrogens with one attached hydrogen (secondary N) is 1. The standard InChI is InChI=1S/C20H17F2N3O3S/c1-3-28-19(27)11-4-6-12(7-5-11)24-20-25-18(23)17(29-20)16(26)15-13(21)8-10(2)9-14(15)22/h4-9H,3,23H2,1-2H3,(H,24,25). The van der Waals surface area contributed by atoms with E-state index >= 15 is 0 Å². The van der Waals surface area contributed by atoms with E-state index < -0.39 is 29.0 Å². The van der Waals surface area contributed by atoms with Crippen molar-refractivity contribution in [2.24, 2.45) is 0 Å². The van der Waals surface area contributed by atoms with Crippen molar-refractivity contribution in [3.05, 3.63) is 69.6 Å². The summed E-state index contributed by atoms with van der Waals surface area (Å²) in [6.45, 7) is 3.51. The molecule has 0 aliphatic rings. The molecule has 0 aliphatic carbocycles. The lowest BCUT2D eigenvalue weighted by atomic mass is 10.1. The van der Waals surface area contributed by atoms with E-state index in [0.717, 1.165) is 23.5 Å². The number of nitrogens with zero attached hydrogens (tertiary/aromatic N) is 1. The molecule has 3 aromatic rings. The second-order valence-corrected chi connectivity index (χ2v) is 7.09. The number of nitrogen functional groups attached to an aromatic ring is 1. The molecule has 0 saturated heterocycles. The van der Waals surface area contributed by atoms with Crippen molar-refractivity contribution in [3.8, 4) is 0 Å². The van der Waals surface area contributed by atoms with Crippen molar-refractivity contribution in [2.45, 2.75) is 13.8 Å². The third kappa shape index (κ3) is 4.40. The molecule has 3 rings (SSSR count). The Morgan fingerprint density at radius 3 is 2.38 bits per heavy atom. The summed E-state index contributed by atoms with van der Waals surface area (Å²) in [4.78, 5) is 28.3. The summed E-state index contributed by atoms with van der Waals surface area (Å²) in [5.74, 6) is -3.35. The second-order valence-electron chi connectivity index (χ2n) is 6.09. The Bertz CT molecular complexity index is 1060. The minimum Gasteiger partial charge on any atom is -0.462 e. The quantitative estimate of drug-likeness (QED) is 0.454. The number of aromatic nitrogens is 1. The van der Waals surface area contributed by atoms with Crippen LogP contribution in [0, 0.1) is 18.6 Å². The Labute approximate surface area is 169 Å². The lowest BCUT2D eigenvalue weighted by Crippen LogP contribution is -2.08. The van der Waals surface area contributed by atoms with Gasteiger partial charge in [-0.2, -0.15) is 0 Å². The van der Waals surface area contributed by atoms with Gasteiger partial charge in [-0.1, -0.05) is 11.3 Å². The van der Waals surface area contributed by atoms with Crippen LogP contribution in [0.25, 0.3) is 0 Å². The summed E-state index contributed by atoms with van der Waals surface area (Å²) in [5.41, 5.74) is 6.45. The number of ketones is 1. The number of aryl methyl sites for hydroxylation is 1. The van der Waals surface area contributed by atoms with Gasteiger partial charge in [0.25, 0.3) is 0 Å². The first kappa shape index (κ1) is 20.4. The number of carbonyl (C=O) groups excluding carboxylic acids is 2. The number of hydrogen-bond donors (Lipinski definition) is 2. The van der Waals surface area contributed by atoms with Gasteiger partial charge in [0.05, 0.1) is 17.7 Å². The molecule has 0 radical (unpaired) electrons. The predicted octanol–water partition coefficient (Wildman–Crippen LogP) is 4.46. The Kier molecular flexibility index (Phi) is 5.88. The fourth-order valence-corrected chi connectivity index (χ4v) is 3.46. The third-order valence-corrected chi connectivity index (χ3v) is 4.91. The van der Waals surface area contributed by atoms with Gasteiger partial charge in [0.1, 0.15) is 22.3 Å². The van der Waals surface area contributed by atoms with Crippen molar-refractivity contribution >= 4 is 39.7 Å². The first-order chi connectivity index (χ1) is 13.8.